The second-order valence-corrected chi connectivity index (χ2v) is 4.77. The van der Waals surface area contributed by atoms with Gasteiger partial charge in [0, 0.05) is 7.05 Å². The lowest BCUT2D eigenvalue weighted by atomic mass is 10.2. The van der Waals surface area contributed by atoms with Crippen molar-refractivity contribution in [2.24, 2.45) is 7.05 Å². The van der Waals surface area contributed by atoms with Crippen molar-refractivity contribution in [1.82, 2.24) is 19.4 Å². The van der Waals surface area contributed by atoms with Crippen molar-refractivity contribution in [2.75, 3.05) is 0 Å². The lowest BCUT2D eigenvalue weighted by Gasteiger charge is -2.09. The van der Waals surface area contributed by atoms with Gasteiger partial charge >= 0.3 is 0 Å². The van der Waals surface area contributed by atoms with E-state index >= 15 is 0 Å². The first-order valence-electron chi connectivity index (χ1n) is 4.25. The molecule has 2 aromatic rings. The number of aliphatic hydroxyl groups excluding tert-OH is 1. The molecular weight excluding hydrogens is 280 g/mol. The highest BCUT2D eigenvalue weighted by molar-refractivity contribution is 9.10. The van der Waals surface area contributed by atoms with Crippen molar-refractivity contribution in [3.63, 3.8) is 0 Å². The van der Waals surface area contributed by atoms with E-state index in [2.05, 4.69) is 30.6 Å². The maximum absolute atomic E-state index is 10.2. The Balaban J connectivity index is 2.45. The van der Waals surface area contributed by atoms with Gasteiger partial charge in [-0.3, -0.25) is 4.68 Å². The fourth-order valence-corrected chi connectivity index (χ4v) is 2.54. The first-order chi connectivity index (χ1) is 7.11. The van der Waals surface area contributed by atoms with E-state index in [0.717, 1.165) is 15.0 Å². The number of hydrogen-bond acceptors (Lipinski definition) is 5. The van der Waals surface area contributed by atoms with Crippen LogP contribution in [0.25, 0.3) is 0 Å². The number of hydrogen-bond donors (Lipinski definition) is 1. The van der Waals surface area contributed by atoms with Crippen LogP contribution in [-0.2, 0) is 7.05 Å². The van der Waals surface area contributed by atoms with E-state index in [-0.39, 0.29) is 0 Å². The van der Waals surface area contributed by atoms with E-state index in [1.165, 1.54) is 11.5 Å². The Morgan fingerprint density at radius 2 is 2.33 bits per heavy atom. The van der Waals surface area contributed by atoms with Gasteiger partial charge in [-0.1, -0.05) is 4.49 Å². The molecule has 2 aromatic heterocycles. The summed E-state index contributed by atoms with van der Waals surface area (Å²) in [7, 11) is 1.78. The molecule has 0 aliphatic carbocycles. The molecule has 5 nitrogen and oxygen atoms in total. The lowest BCUT2D eigenvalue weighted by Crippen LogP contribution is -2.07. The Kier molecular flexibility index (Phi) is 2.85. The molecule has 0 amide bonds. The zero-order chi connectivity index (χ0) is 11.0. The van der Waals surface area contributed by atoms with Crippen LogP contribution in [0.5, 0.6) is 0 Å². The largest absolute Gasteiger partial charge is 0.381 e. The lowest BCUT2D eigenvalue weighted by molar-refractivity contribution is 0.212. The van der Waals surface area contributed by atoms with Crippen LogP contribution in [-0.4, -0.2) is 24.5 Å². The van der Waals surface area contributed by atoms with Gasteiger partial charge in [0.25, 0.3) is 0 Å². The Labute approximate surface area is 99.0 Å². The predicted octanol–water partition coefficient (Wildman–Crippen LogP) is 1.42. The first kappa shape index (κ1) is 10.7. The SMILES string of the molecule is Cc1nnsc1C(O)c1c(Br)cnn1C. The number of aliphatic hydroxyl groups is 1. The molecular formula is C8H9BrN4OS. The predicted molar refractivity (Wildman–Crippen MR) is 59.6 cm³/mol. The van der Waals surface area contributed by atoms with E-state index in [4.69, 9.17) is 0 Å². The molecule has 0 aliphatic rings. The van der Waals surface area contributed by atoms with E-state index in [1.54, 1.807) is 17.9 Å². The zero-order valence-corrected chi connectivity index (χ0v) is 10.6. The standard InChI is InChI=1S/C8H9BrN4OS/c1-4-8(15-12-11-4)7(14)6-5(9)3-10-13(6)2/h3,7,14H,1-2H3. The fourth-order valence-electron chi connectivity index (χ4n) is 1.34. The van der Waals surface area contributed by atoms with Crippen LogP contribution >= 0.6 is 27.5 Å². The molecule has 1 atom stereocenters. The minimum absolute atomic E-state index is 0.712. The quantitative estimate of drug-likeness (QED) is 0.908. The molecule has 0 saturated heterocycles. The van der Waals surface area contributed by atoms with Crippen molar-refractivity contribution in [1.29, 1.82) is 0 Å². The molecule has 2 heterocycles. The Morgan fingerprint density at radius 1 is 1.60 bits per heavy atom. The minimum Gasteiger partial charge on any atom is -0.381 e. The summed E-state index contributed by atoms with van der Waals surface area (Å²) in [6.45, 7) is 1.83. The molecule has 2 rings (SSSR count). The second-order valence-electron chi connectivity index (χ2n) is 3.13. The number of nitrogens with zero attached hydrogens (tertiary/aromatic N) is 4. The van der Waals surface area contributed by atoms with Crippen molar-refractivity contribution >= 4 is 27.5 Å². The van der Waals surface area contributed by atoms with E-state index < -0.39 is 6.10 Å². The molecule has 0 aromatic carbocycles. The van der Waals surface area contributed by atoms with Gasteiger partial charge < -0.3 is 5.11 Å². The third kappa shape index (κ3) is 1.82. The Bertz CT molecular complexity index is 461. The molecule has 80 valence electrons. The molecule has 0 saturated carbocycles. The first-order valence-corrected chi connectivity index (χ1v) is 5.82. The average Bonchev–Trinajstić information content (AvgIpc) is 2.73. The summed E-state index contributed by atoms with van der Waals surface area (Å²) >= 11 is 4.55. The summed E-state index contributed by atoms with van der Waals surface area (Å²) in [4.78, 5) is 0.749. The van der Waals surface area contributed by atoms with Crippen LogP contribution in [0.4, 0.5) is 0 Å². The molecule has 15 heavy (non-hydrogen) atoms. The van der Waals surface area contributed by atoms with Crippen LogP contribution in [0.2, 0.25) is 0 Å². The van der Waals surface area contributed by atoms with Crippen LogP contribution in [0.3, 0.4) is 0 Å². The van der Waals surface area contributed by atoms with E-state index in [1.807, 2.05) is 6.92 Å². The smallest absolute Gasteiger partial charge is 0.134 e. The molecule has 0 spiro atoms. The van der Waals surface area contributed by atoms with Gasteiger partial charge in [-0.2, -0.15) is 5.10 Å². The molecule has 0 radical (unpaired) electrons. The second kappa shape index (κ2) is 3.99. The van der Waals surface area contributed by atoms with Crippen LogP contribution < -0.4 is 0 Å². The van der Waals surface area contributed by atoms with Crippen molar-refractivity contribution < 1.29 is 5.11 Å². The van der Waals surface area contributed by atoms with Gasteiger partial charge in [0.1, 0.15) is 6.10 Å². The van der Waals surface area contributed by atoms with Crippen molar-refractivity contribution in [3.8, 4) is 0 Å². The summed E-state index contributed by atoms with van der Waals surface area (Å²) in [5.74, 6) is 0. The van der Waals surface area contributed by atoms with Gasteiger partial charge in [-0.25, -0.2) is 0 Å². The maximum Gasteiger partial charge on any atom is 0.134 e. The van der Waals surface area contributed by atoms with Gasteiger partial charge in [0.05, 0.1) is 26.9 Å². The Morgan fingerprint density at radius 3 is 2.80 bits per heavy atom. The summed E-state index contributed by atoms with van der Waals surface area (Å²) < 4.78 is 6.21. The summed E-state index contributed by atoms with van der Waals surface area (Å²) in [5.41, 5.74) is 1.46. The van der Waals surface area contributed by atoms with Crippen molar-refractivity contribution in [3.05, 3.63) is 26.9 Å². The topological polar surface area (TPSA) is 63.8 Å². The third-order valence-corrected chi connectivity index (χ3v) is 3.62. The molecule has 0 bridgehead atoms. The van der Waals surface area contributed by atoms with Gasteiger partial charge in [0.15, 0.2) is 0 Å². The van der Waals surface area contributed by atoms with Gasteiger partial charge in [-0.05, 0) is 34.4 Å². The molecule has 7 heteroatoms. The summed E-state index contributed by atoms with van der Waals surface area (Å²) in [6.07, 6.45) is 0.925. The Hall–Kier alpha value is -0.790. The zero-order valence-electron chi connectivity index (χ0n) is 8.18. The third-order valence-electron chi connectivity index (χ3n) is 2.13. The maximum atomic E-state index is 10.2. The molecule has 0 aliphatic heterocycles. The highest BCUT2D eigenvalue weighted by atomic mass is 79.9. The van der Waals surface area contributed by atoms with Crippen LogP contribution in [0.1, 0.15) is 22.4 Å². The average molecular weight is 289 g/mol. The minimum atomic E-state index is -0.730. The van der Waals surface area contributed by atoms with E-state index in [9.17, 15) is 5.11 Å². The number of aromatic nitrogens is 4. The number of rotatable bonds is 2. The highest BCUT2D eigenvalue weighted by Crippen LogP contribution is 2.30. The van der Waals surface area contributed by atoms with Crippen LogP contribution in [0.15, 0.2) is 10.7 Å². The molecule has 1 N–H and O–H groups in total. The number of halogens is 1. The molecule has 0 fully saturated rings. The van der Waals surface area contributed by atoms with E-state index in [0.29, 0.717) is 5.69 Å². The normalized spacial score (nSPS) is 13.1. The van der Waals surface area contributed by atoms with Gasteiger partial charge in [0.2, 0.25) is 0 Å². The summed E-state index contributed by atoms with van der Waals surface area (Å²) in [6, 6.07) is 0. The fraction of sp³-hybridized carbons (Fsp3) is 0.375. The number of aryl methyl sites for hydroxylation is 2. The van der Waals surface area contributed by atoms with Crippen LogP contribution in [0, 0.1) is 6.92 Å². The van der Waals surface area contributed by atoms with Crippen molar-refractivity contribution in [2.45, 2.75) is 13.0 Å². The van der Waals surface area contributed by atoms with Gasteiger partial charge in [-0.15, -0.1) is 5.10 Å². The summed E-state index contributed by atoms with van der Waals surface area (Å²) in [5, 5.41) is 18.1. The monoisotopic (exact) mass is 288 g/mol. The molecule has 1 unspecified atom stereocenters. The highest BCUT2D eigenvalue weighted by Gasteiger charge is 2.22.